The van der Waals surface area contributed by atoms with E-state index in [4.69, 9.17) is 0 Å². The fourth-order valence-electron chi connectivity index (χ4n) is 3.13. The van der Waals surface area contributed by atoms with E-state index in [1.165, 1.54) is 0 Å². The maximum Gasteiger partial charge on any atom is 0.407 e. The lowest BCUT2D eigenvalue weighted by Crippen LogP contribution is -2.52. The molecule has 2 amide bonds. The molecule has 114 valence electrons. The molecule has 2 rings (SSSR count). The maximum atomic E-state index is 12.0. The lowest BCUT2D eigenvalue weighted by Gasteiger charge is -2.42. The number of hydrogen-bond acceptors (Lipinski definition) is 2. The van der Waals surface area contributed by atoms with Crippen LogP contribution in [0.15, 0.2) is 0 Å². The van der Waals surface area contributed by atoms with Crippen molar-refractivity contribution in [3.05, 3.63) is 0 Å². The minimum Gasteiger partial charge on any atom is -0.465 e. The molecule has 5 nitrogen and oxygen atoms in total. The molecule has 2 aliphatic rings. The van der Waals surface area contributed by atoms with Crippen LogP contribution in [-0.4, -0.2) is 39.6 Å². The van der Waals surface area contributed by atoms with Crippen molar-refractivity contribution >= 4 is 12.0 Å². The Kier molecular flexibility index (Phi) is 4.25. The maximum absolute atomic E-state index is 12.0. The van der Waals surface area contributed by atoms with E-state index < -0.39 is 6.09 Å². The number of rotatable bonds is 3. The normalized spacial score (nSPS) is 26.9. The molecule has 0 aromatic rings. The number of nitrogens with zero attached hydrogens (tertiary/aromatic N) is 1. The summed E-state index contributed by atoms with van der Waals surface area (Å²) in [6.07, 6.45) is 4.52. The Bertz CT molecular complexity index is 377. The second-order valence-electron chi connectivity index (χ2n) is 7.11. The summed E-state index contributed by atoms with van der Waals surface area (Å²) >= 11 is 0. The van der Waals surface area contributed by atoms with E-state index in [1.54, 1.807) is 4.90 Å². The first-order valence-electron chi connectivity index (χ1n) is 7.61. The second-order valence-corrected chi connectivity index (χ2v) is 7.11. The van der Waals surface area contributed by atoms with Crippen molar-refractivity contribution in [3.8, 4) is 0 Å². The first kappa shape index (κ1) is 15.1. The molecule has 0 aromatic carbocycles. The predicted octanol–water partition coefficient (Wildman–Crippen LogP) is 2.60. The molecule has 0 atom stereocenters. The van der Waals surface area contributed by atoms with Gasteiger partial charge >= 0.3 is 6.09 Å². The molecule has 2 N–H and O–H groups in total. The molecular formula is C15H26N2O3. The van der Waals surface area contributed by atoms with Gasteiger partial charge in [0.2, 0.25) is 5.91 Å². The molecule has 2 fully saturated rings. The highest BCUT2D eigenvalue weighted by Crippen LogP contribution is 2.32. The highest BCUT2D eigenvalue weighted by Gasteiger charge is 2.37. The van der Waals surface area contributed by atoms with E-state index in [1.807, 2.05) is 20.8 Å². The first-order chi connectivity index (χ1) is 9.29. The van der Waals surface area contributed by atoms with E-state index >= 15 is 0 Å². The third kappa shape index (κ3) is 3.64. The Morgan fingerprint density at radius 2 is 1.60 bits per heavy atom. The molecule has 0 heterocycles. The largest absolute Gasteiger partial charge is 0.465 e. The van der Waals surface area contributed by atoms with Gasteiger partial charge in [0, 0.05) is 23.5 Å². The zero-order valence-corrected chi connectivity index (χ0v) is 12.7. The van der Waals surface area contributed by atoms with Crippen molar-refractivity contribution in [1.82, 2.24) is 10.2 Å². The van der Waals surface area contributed by atoms with E-state index in [-0.39, 0.29) is 23.4 Å². The number of nitrogens with one attached hydrogen (secondary N) is 1. The summed E-state index contributed by atoms with van der Waals surface area (Å²) in [7, 11) is 0. The van der Waals surface area contributed by atoms with Crippen molar-refractivity contribution < 1.29 is 14.7 Å². The molecule has 0 spiro atoms. The van der Waals surface area contributed by atoms with Gasteiger partial charge in [-0.15, -0.1) is 0 Å². The molecule has 0 aromatic heterocycles. The van der Waals surface area contributed by atoms with Crippen LogP contribution in [0.2, 0.25) is 0 Å². The highest BCUT2D eigenvalue weighted by molar-refractivity contribution is 5.79. The first-order valence-corrected chi connectivity index (χ1v) is 7.61. The van der Waals surface area contributed by atoms with E-state index in [0.717, 1.165) is 38.5 Å². The minimum atomic E-state index is -0.858. The van der Waals surface area contributed by atoms with Gasteiger partial charge in [0.05, 0.1) is 0 Å². The third-order valence-electron chi connectivity index (χ3n) is 4.29. The van der Waals surface area contributed by atoms with Crippen molar-refractivity contribution in [3.63, 3.8) is 0 Å². The molecule has 0 saturated heterocycles. The van der Waals surface area contributed by atoms with Gasteiger partial charge in [0.15, 0.2) is 0 Å². The third-order valence-corrected chi connectivity index (χ3v) is 4.29. The standard InChI is InChI=1S/C15H26N2O3/c1-15(2,3)17(14(19)20)12-8-4-10(5-9-12)13(18)16-11-6-7-11/h10-12H,4-9H2,1-3H3,(H,16,18)(H,19,20). The monoisotopic (exact) mass is 282 g/mol. The summed E-state index contributed by atoms with van der Waals surface area (Å²) in [5.74, 6) is 0.242. The predicted molar refractivity (Wildman–Crippen MR) is 76.5 cm³/mol. The summed E-state index contributed by atoms with van der Waals surface area (Å²) in [5.41, 5.74) is -0.389. The van der Waals surface area contributed by atoms with Crippen LogP contribution in [0.3, 0.4) is 0 Å². The summed E-state index contributed by atoms with van der Waals surface area (Å²) in [5, 5.41) is 12.5. The van der Waals surface area contributed by atoms with Gasteiger partial charge < -0.3 is 15.3 Å². The molecule has 5 heteroatoms. The van der Waals surface area contributed by atoms with Gasteiger partial charge in [0.25, 0.3) is 0 Å². The Labute approximate surface area is 120 Å². The second kappa shape index (κ2) is 5.62. The van der Waals surface area contributed by atoms with Gasteiger partial charge in [-0.25, -0.2) is 4.79 Å². The molecule has 2 aliphatic carbocycles. The Morgan fingerprint density at radius 1 is 1.05 bits per heavy atom. The average Bonchev–Trinajstić information content (AvgIpc) is 3.11. The Morgan fingerprint density at radius 3 is 2.00 bits per heavy atom. The van der Waals surface area contributed by atoms with Crippen molar-refractivity contribution in [2.24, 2.45) is 5.92 Å². The highest BCUT2D eigenvalue weighted by atomic mass is 16.4. The topological polar surface area (TPSA) is 69.6 Å². The molecular weight excluding hydrogens is 256 g/mol. The molecule has 0 aliphatic heterocycles. The van der Waals surface area contributed by atoms with Crippen LogP contribution in [0, 0.1) is 5.92 Å². The number of hydrogen-bond donors (Lipinski definition) is 2. The summed E-state index contributed by atoms with van der Waals surface area (Å²) in [4.78, 5) is 25.0. The van der Waals surface area contributed by atoms with Crippen molar-refractivity contribution in [2.75, 3.05) is 0 Å². The van der Waals surface area contributed by atoms with Crippen molar-refractivity contribution in [1.29, 1.82) is 0 Å². The van der Waals surface area contributed by atoms with Crippen LogP contribution >= 0.6 is 0 Å². The van der Waals surface area contributed by atoms with Gasteiger partial charge in [0.1, 0.15) is 0 Å². The van der Waals surface area contributed by atoms with E-state index in [2.05, 4.69) is 5.32 Å². The van der Waals surface area contributed by atoms with Crippen LogP contribution in [-0.2, 0) is 4.79 Å². The van der Waals surface area contributed by atoms with Gasteiger partial charge in [-0.05, 0) is 59.3 Å². The number of carboxylic acid groups (broad SMARTS) is 1. The Balaban J connectivity index is 1.88. The van der Waals surface area contributed by atoms with Crippen LogP contribution in [0.25, 0.3) is 0 Å². The average molecular weight is 282 g/mol. The van der Waals surface area contributed by atoms with Crippen LogP contribution in [0.5, 0.6) is 0 Å². The van der Waals surface area contributed by atoms with E-state index in [9.17, 15) is 14.7 Å². The van der Waals surface area contributed by atoms with Crippen LogP contribution in [0.1, 0.15) is 59.3 Å². The quantitative estimate of drug-likeness (QED) is 0.836. The number of carbonyl (C=O) groups excluding carboxylic acids is 1. The number of carbonyl (C=O) groups is 2. The van der Waals surface area contributed by atoms with Crippen LogP contribution in [0.4, 0.5) is 4.79 Å². The lowest BCUT2D eigenvalue weighted by atomic mass is 9.83. The zero-order chi connectivity index (χ0) is 14.9. The van der Waals surface area contributed by atoms with Crippen LogP contribution < -0.4 is 5.32 Å². The summed E-state index contributed by atoms with van der Waals surface area (Å²) in [6.45, 7) is 5.77. The molecule has 0 unspecified atom stereocenters. The van der Waals surface area contributed by atoms with Crippen molar-refractivity contribution in [2.45, 2.75) is 76.9 Å². The summed E-state index contributed by atoms with van der Waals surface area (Å²) < 4.78 is 0. The fraction of sp³-hybridized carbons (Fsp3) is 0.867. The smallest absolute Gasteiger partial charge is 0.407 e. The molecule has 2 saturated carbocycles. The molecule has 0 radical (unpaired) electrons. The number of amides is 2. The SMILES string of the molecule is CC(C)(C)N(C(=O)O)C1CCC(C(=O)NC2CC2)CC1. The summed E-state index contributed by atoms with van der Waals surface area (Å²) in [6, 6.07) is 0.447. The molecule has 0 bridgehead atoms. The Hall–Kier alpha value is -1.26. The van der Waals surface area contributed by atoms with Gasteiger partial charge in [-0.1, -0.05) is 0 Å². The minimum absolute atomic E-state index is 0.0393. The fourth-order valence-corrected chi connectivity index (χ4v) is 3.13. The van der Waals surface area contributed by atoms with Gasteiger partial charge in [-0.3, -0.25) is 4.79 Å². The molecule has 20 heavy (non-hydrogen) atoms. The van der Waals surface area contributed by atoms with Gasteiger partial charge in [-0.2, -0.15) is 0 Å². The zero-order valence-electron chi connectivity index (χ0n) is 12.7. The lowest BCUT2D eigenvalue weighted by molar-refractivity contribution is -0.126. The van der Waals surface area contributed by atoms with E-state index in [0.29, 0.717) is 6.04 Å².